The Balaban J connectivity index is 1.39. The number of nitrogens with one attached hydrogen (secondary N) is 1. The number of carboxylic acids is 1. The lowest BCUT2D eigenvalue weighted by Crippen LogP contribution is -2.18. The quantitative estimate of drug-likeness (QED) is 0.208. The van der Waals surface area contributed by atoms with Crippen molar-refractivity contribution in [1.29, 1.82) is 0 Å². The van der Waals surface area contributed by atoms with Crippen LogP contribution in [0.25, 0.3) is 27.7 Å². The van der Waals surface area contributed by atoms with Crippen LogP contribution in [-0.4, -0.2) is 15.6 Å². The van der Waals surface area contributed by atoms with Crippen molar-refractivity contribution in [2.75, 3.05) is 0 Å². The molecule has 39 heavy (non-hydrogen) atoms. The highest BCUT2D eigenvalue weighted by Gasteiger charge is 2.15. The Bertz CT molecular complexity index is 1650. The summed E-state index contributed by atoms with van der Waals surface area (Å²) in [5.41, 5.74) is 10.1. The van der Waals surface area contributed by atoms with Gasteiger partial charge in [0.1, 0.15) is 0 Å². The summed E-state index contributed by atoms with van der Waals surface area (Å²) in [6, 6.07) is 32.6. The monoisotopic (exact) mass is 514 g/mol. The molecule has 0 fully saturated rings. The topological polar surface area (TPSA) is 54.3 Å². The van der Waals surface area contributed by atoms with Crippen LogP contribution in [0.4, 0.5) is 0 Å². The summed E-state index contributed by atoms with van der Waals surface area (Å²) >= 11 is 0. The smallest absolute Gasteiger partial charge is 0.336 e. The van der Waals surface area contributed by atoms with E-state index in [1.165, 1.54) is 27.7 Å². The lowest BCUT2D eigenvalue weighted by atomic mass is 9.99. The summed E-state index contributed by atoms with van der Waals surface area (Å²) in [6.07, 6.45) is 0.973. The minimum atomic E-state index is -0.915. The number of carbonyl (C=O) groups is 1. The highest BCUT2D eigenvalue weighted by Crippen LogP contribution is 2.30. The summed E-state index contributed by atoms with van der Waals surface area (Å²) in [5.74, 6) is -0.915. The van der Waals surface area contributed by atoms with E-state index in [9.17, 15) is 9.90 Å². The number of aryl methyl sites for hydroxylation is 1. The number of aromatic carboxylic acids is 1. The Morgan fingerprint density at radius 2 is 1.62 bits per heavy atom. The van der Waals surface area contributed by atoms with Crippen LogP contribution in [0.5, 0.6) is 0 Å². The van der Waals surface area contributed by atoms with Crippen molar-refractivity contribution in [1.82, 2.24) is 9.88 Å². The third-order valence-electron chi connectivity index (χ3n) is 7.71. The molecule has 0 bridgehead atoms. The molecule has 0 saturated carbocycles. The van der Waals surface area contributed by atoms with Crippen LogP contribution in [0, 0.1) is 13.8 Å². The van der Waals surface area contributed by atoms with Crippen LogP contribution in [-0.2, 0) is 6.54 Å². The number of aromatic nitrogens is 1. The molecule has 1 aromatic heterocycles. The molecule has 0 aliphatic rings. The maximum absolute atomic E-state index is 11.7. The van der Waals surface area contributed by atoms with Crippen molar-refractivity contribution in [3.05, 3.63) is 137 Å². The van der Waals surface area contributed by atoms with Crippen LogP contribution >= 0.6 is 0 Å². The zero-order valence-corrected chi connectivity index (χ0v) is 22.7. The molecule has 2 N–H and O–H groups in total. The molecule has 5 rings (SSSR count). The van der Waals surface area contributed by atoms with E-state index < -0.39 is 5.97 Å². The molecule has 4 heteroatoms. The summed E-state index contributed by atoms with van der Waals surface area (Å²) in [5, 5.41) is 14.4. The number of nitrogens with zero attached hydrogens (tertiary/aromatic N) is 1. The molecule has 196 valence electrons. The van der Waals surface area contributed by atoms with Gasteiger partial charge >= 0.3 is 5.97 Å². The fourth-order valence-electron chi connectivity index (χ4n) is 5.33. The van der Waals surface area contributed by atoms with Crippen LogP contribution in [0.1, 0.15) is 57.7 Å². The number of fused-ring (bicyclic) bond motifs is 1. The van der Waals surface area contributed by atoms with Crippen LogP contribution in [0.3, 0.4) is 0 Å². The Labute approximate surface area is 230 Å². The molecule has 0 amide bonds. The van der Waals surface area contributed by atoms with Gasteiger partial charge in [-0.25, -0.2) is 4.79 Å². The molecule has 4 nitrogen and oxygen atoms in total. The van der Waals surface area contributed by atoms with Gasteiger partial charge in [0.25, 0.3) is 0 Å². The number of hydrogen-bond donors (Lipinski definition) is 2. The molecule has 0 spiro atoms. The van der Waals surface area contributed by atoms with E-state index in [-0.39, 0.29) is 6.04 Å². The van der Waals surface area contributed by atoms with Crippen molar-refractivity contribution in [2.24, 2.45) is 0 Å². The lowest BCUT2D eigenvalue weighted by Gasteiger charge is -2.20. The molecule has 0 unspecified atom stereocenters. The predicted molar refractivity (Wildman–Crippen MR) is 161 cm³/mol. The number of hydrogen-bond acceptors (Lipinski definition) is 2. The molecule has 5 aromatic rings. The zero-order valence-electron chi connectivity index (χ0n) is 22.7. The number of carboxylic acid groups (broad SMARTS) is 1. The van der Waals surface area contributed by atoms with E-state index in [1.54, 1.807) is 12.1 Å². The minimum absolute atomic E-state index is 0.215. The highest BCUT2D eigenvalue weighted by atomic mass is 16.4. The second-order valence-corrected chi connectivity index (χ2v) is 10.1. The van der Waals surface area contributed by atoms with E-state index in [4.69, 9.17) is 0 Å². The van der Waals surface area contributed by atoms with E-state index in [2.05, 4.69) is 91.8 Å². The second kappa shape index (κ2) is 11.0. The van der Waals surface area contributed by atoms with Gasteiger partial charge in [0, 0.05) is 28.8 Å². The first-order chi connectivity index (χ1) is 18.9. The molecule has 4 aromatic carbocycles. The fraction of sp³-hybridized carbons (Fsp3) is 0.171. The molecule has 1 heterocycles. The van der Waals surface area contributed by atoms with Gasteiger partial charge in [0.15, 0.2) is 0 Å². The molecular weight excluding hydrogens is 480 g/mol. The zero-order chi connectivity index (χ0) is 27.5. The number of rotatable bonds is 9. The van der Waals surface area contributed by atoms with Crippen LogP contribution in [0.15, 0.2) is 104 Å². The Morgan fingerprint density at radius 1 is 0.923 bits per heavy atom. The Morgan fingerprint density at radius 3 is 2.31 bits per heavy atom. The van der Waals surface area contributed by atoms with Gasteiger partial charge in [-0.15, -0.1) is 0 Å². The average molecular weight is 515 g/mol. The van der Waals surface area contributed by atoms with Crippen molar-refractivity contribution < 1.29 is 9.90 Å². The normalized spacial score (nSPS) is 11.9. The third kappa shape index (κ3) is 5.23. The summed E-state index contributed by atoms with van der Waals surface area (Å²) in [7, 11) is 0. The standard InChI is InChI=1S/C35H34N2O2/c1-5-33(28-11-7-6-8-12-28)36-24(3)29-19-20-34-32(21-29)23(2)25(4)37(34)22-26-15-17-27(18-16-26)30-13-9-10-14-31(30)35(38)39/h6-21,33,36H,3,5,22H2,1-2,4H3,(H,38,39)/t33-/m0/s1. The maximum atomic E-state index is 11.7. The van der Waals surface area contributed by atoms with Crippen molar-refractivity contribution >= 4 is 22.6 Å². The largest absolute Gasteiger partial charge is 0.478 e. The molecule has 0 aliphatic heterocycles. The van der Waals surface area contributed by atoms with Gasteiger partial charge in [0.2, 0.25) is 0 Å². The van der Waals surface area contributed by atoms with Gasteiger partial charge in [-0.2, -0.15) is 0 Å². The Hall–Kier alpha value is -4.57. The van der Waals surface area contributed by atoms with E-state index >= 15 is 0 Å². The SMILES string of the molecule is C=C(N[C@@H](CC)c1ccccc1)c1ccc2c(c1)c(C)c(C)n2Cc1ccc(-c2ccccc2C(=O)O)cc1. The van der Waals surface area contributed by atoms with Gasteiger partial charge in [-0.05, 0) is 71.8 Å². The van der Waals surface area contributed by atoms with Crippen molar-refractivity contribution in [3.8, 4) is 11.1 Å². The first-order valence-corrected chi connectivity index (χ1v) is 13.4. The minimum Gasteiger partial charge on any atom is -0.478 e. The van der Waals surface area contributed by atoms with Crippen LogP contribution < -0.4 is 5.32 Å². The van der Waals surface area contributed by atoms with Gasteiger partial charge in [0.05, 0.1) is 11.6 Å². The molecule has 0 aliphatic carbocycles. The maximum Gasteiger partial charge on any atom is 0.336 e. The van der Waals surface area contributed by atoms with E-state index in [0.717, 1.165) is 40.9 Å². The average Bonchev–Trinajstić information content (AvgIpc) is 3.20. The highest BCUT2D eigenvalue weighted by molar-refractivity contribution is 5.96. The molecule has 0 saturated heterocycles. The van der Waals surface area contributed by atoms with E-state index in [1.807, 2.05) is 30.3 Å². The van der Waals surface area contributed by atoms with E-state index in [0.29, 0.717) is 5.56 Å². The predicted octanol–water partition coefficient (Wildman–Crippen LogP) is 8.38. The first-order valence-electron chi connectivity index (χ1n) is 13.4. The molecule has 0 radical (unpaired) electrons. The van der Waals surface area contributed by atoms with Crippen molar-refractivity contribution in [2.45, 2.75) is 39.8 Å². The molecular formula is C35H34N2O2. The number of benzene rings is 4. The van der Waals surface area contributed by atoms with Gasteiger partial charge in [-0.1, -0.05) is 92.4 Å². The third-order valence-corrected chi connectivity index (χ3v) is 7.71. The second-order valence-electron chi connectivity index (χ2n) is 10.1. The summed E-state index contributed by atoms with van der Waals surface area (Å²) in [6.45, 7) is 11.6. The Kier molecular flexibility index (Phi) is 7.38. The van der Waals surface area contributed by atoms with Crippen LogP contribution in [0.2, 0.25) is 0 Å². The summed E-state index contributed by atoms with van der Waals surface area (Å²) in [4.78, 5) is 11.7. The van der Waals surface area contributed by atoms with Crippen molar-refractivity contribution in [3.63, 3.8) is 0 Å². The first kappa shape index (κ1) is 26.1. The molecule has 1 atom stereocenters. The fourth-order valence-corrected chi connectivity index (χ4v) is 5.33. The summed E-state index contributed by atoms with van der Waals surface area (Å²) < 4.78 is 2.35. The van der Waals surface area contributed by atoms with Gasteiger partial charge < -0.3 is 15.0 Å². The van der Waals surface area contributed by atoms with Gasteiger partial charge in [-0.3, -0.25) is 0 Å². The lowest BCUT2D eigenvalue weighted by molar-refractivity contribution is 0.0697.